The molecule has 0 aliphatic carbocycles. The van der Waals surface area contributed by atoms with E-state index < -0.39 is 18.8 Å². The van der Waals surface area contributed by atoms with E-state index in [1.807, 2.05) is 6.07 Å². The zero-order valence-corrected chi connectivity index (χ0v) is 15.4. The van der Waals surface area contributed by atoms with Crippen LogP contribution in [0.2, 0.25) is 0 Å². The Hall–Kier alpha value is -1.30. The molecule has 24 heavy (non-hydrogen) atoms. The Bertz CT molecular complexity index is 531. The maximum absolute atomic E-state index is 12.3. The van der Waals surface area contributed by atoms with Crippen LogP contribution < -0.4 is 10.1 Å². The molecule has 1 aromatic heterocycles. The number of likely N-dealkylation sites (tertiary alicyclic amines) is 1. The lowest BCUT2D eigenvalue weighted by Gasteiger charge is -2.23. The van der Waals surface area contributed by atoms with E-state index in [0.29, 0.717) is 31.3 Å². The molecule has 0 amide bonds. The average Bonchev–Trinajstić information content (AvgIpc) is 2.96. The number of ether oxygens (including phenoxy) is 1. The minimum absolute atomic E-state index is 0. The van der Waals surface area contributed by atoms with Crippen molar-refractivity contribution in [3.8, 4) is 5.88 Å². The van der Waals surface area contributed by atoms with Gasteiger partial charge in [-0.2, -0.15) is 13.2 Å². The van der Waals surface area contributed by atoms with Gasteiger partial charge in [0.15, 0.2) is 12.1 Å². The summed E-state index contributed by atoms with van der Waals surface area (Å²) in [6.07, 6.45) is -4.86. The van der Waals surface area contributed by atoms with E-state index in [2.05, 4.69) is 15.3 Å². The number of rotatable bonds is 4. The Labute approximate surface area is 155 Å². The third-order valence-electron chi connectivity index (χ3n) is 3.41. The normalized spacial score (nSPS) is 19.6. The van der Waals surface area contributed by atoms with Crippen molar-refractivity contribution in [1.29, 1.82) is 0 Å². The van der Waals surface area contributed by atoms with Gasteiger partial charge in [-0.25, -0.2) is 4.98 Å². The molecule has 0 spiro atoms. The molecule has 2 heterocycles. The van der Waals surface area contributed by atoms with Crippen LogP contribution in [0.4, 0.5) is 13.2 Å². The SMILES string of the molecule is CN=C(NCC(O)C(F)(F)F)N1CCC(Oc2ccccn2)C1.I. The maximum atomic E-state index is 12.3. The molecule has 0 saturated carbocycles. The Morgan fingerprint density at radius 1 is 1.54 bits per heavy atom. The number of hydrogen-bond donors (Lipinski definition) is 2. The monoisotopic (exact) mass is 460 g/mol. The van der Waals surface area contributed by atoms with Gasteiger partial charge in [0.05, 0.1) is 13.1 Å². The average molecular weight is 460 g/mol. The molecule has 6 nitrogen and oxygen atoms in total. The maximum Gasteiger partial charge on any atom is 0.416 e. The van der Waals surface area contributed by atoms with Crippen LogP contribution in [0.1, 0.15) is 6.42 Å². The number of aromatic nitrogens is 1. The second kappa shape index (κ2) is 9.25. The fourth-order valence-electron chi connectivity index (χ4n) is 2.24. The Balaban J connectivity index is 0.00000288. The number of guanidine groups is 1. The highest BCUT2D eigenvalue weighted by molar-refractivity contribution is 14.0. The van der Waals surface area contributed by atoms with Crippen molar-refractivity contribution in [2.24, 2.45) is 4.99 Å². The molecule has 2 N–H and O–H groups in total. The van der Waals surface area contributed by atoms with Crippen molar-refractivity contribution in [2.75, 3.05) is 26.7 Å². The largest absolute Gasteiger partial charge is 0.472 e. The zero-order chi connectivity index (χ0) is 16.9. The van der Waals surface area contributed by atoms with E-state index in [0.717, 1.165) is 0 Å². The van der Waals surface area contributed by atoms with Gasteiger partial charge in [0, 0.05) is 32.3 Å². The molecule has 1 aliphatic heterocycles. The molecular formula is C14H20F3IN4O2. The van der Waals surface area contributed by atoms with Gasteiger partial charge in [0.25, 0.3) is 0 Å². The van der Waals surface area contributed by atoms with Crippen LogP contribution in [0.5, 0.6) is 5.88 Å². The first-order valence-corrected chi connectivity index (χ1v) is 7.18. The van der Waals surface area contributed by atoms with Crippen LogP contribution >= 0.6 is 24.0 Å². The fourth-order valence-corrected chi connectivity index (χ4v) is 2.24. The molecule has 1 aliphatic rings. The fraction of sp³-hybridized carbons (Fsp3) is 0.571. The summed E-state index contributed by atoms with van der Waals surface area (Å²) in [6, 6.07) is 5.34. The number of aliphatic hydroxyl groups is 1. The summed E-state index contributed by atoms with van der Waals surface area (Å²) >= 11 is 0. The minimum atomic E-state index is -4.65. The summed E-state index contributed by atoms with van der Waals surface area (Å²) in [7, 11) is 1.48. The summed E-state index contributed by atoms with van der Waals surface area (Å²) in [4.78, 5) is 9.81. The number of pyridine rings is 1. The van der Waals surface area contributed by atoms with Gasteiger partial charge in [-0.3, -0.25) is 4.99 Å². The van der Waals surface area contributed by atoms with Crippen molar-refractivity contribution in [2.45, 2.75) is 24.8 Å². The molecular weight excluding hydrogens is 440 g/mol. The number of aliphatic imine (C=N–C) groups is 1. The third kappa shape index (κ3) is 5.96. The van der Waals surface area contributed by atoms with E-state index in [9.17, 15) is 13.2 Å². The highest BCUT2D eigenvalue weighted by Gasteiger charge is 2.38. The van der Waals surface area contributed by atoms with Gasteiger partial charge in [-0.05, 0) is 6.07 Å². The van der Waals surface area contributed by atoms with E-state index in [-0.39, 0.29) is 30.1 Å². The summed E-state index contributed by atoms with van der Waals surface area (Å²) < 4.78 is 42.7. The first kappa shape index (κ1) is 20.7. The van der Waals surface area contributed by atoms with Crippen molar-refractivity contribution in [3.05, 3.63) is 24.4 Å². The molecule has 136 valence electrons. The molecule has 0 radical (unpaired) electrons. The van der Waals surface area contributed by atoms with E-state index in [1.54, 1.807) is 23.2 Å². The molecule has 1 saturated heterocycles. The Morgan fingerprint density at radius 2 is 2.29 bits per heavy atom. The van der Waals surface area contributed by atoms with Gasteiger partial charge in [-0.1, -0.05) is 6.07 Å². The second-order valence-electron chi connectivity index (χ2n) is 5.13. The van der Waals surface area contributed by atoms with Crippen molar-refractivity contribution in [1.82, 2.24) is 15.2 Å². The van der Waals surface area contributed by atoms with Gasteiger partial charge >= 0.3 is 6.18 Å². The zero-order valence-electron chi connectivity index (χ0n) is 13.0. The molecule has 10 heteroatoms. The number of halogens is 4. The molecule has 2 atom stereocenters. The lowest BCUT2D eigenvalue weighted by atomic mass is 10.3. The smallest absolute Gasteiger partial charge is 0.416 e. The van der Waals surface area contributed by atoms with Crippen LogP contribution in [0.15, 0.2) is 29.4 Å². The second-order valence-corrected chi connectivity index (χ2v) is 5.13. The van der Waals surface area contributed by atoms with Crippen molar-refractivity contribution >= 4 is 29.9 Å². The number of aliphatic hydroxyl groups excluding tert-OH is 1. The highest BCUT2D eigenvalue weighted by Crippen LogP contribution is 2.20. The van der Waals surface area contributed by atoms with Crippen molar-refractivity contribution in [3.63, 3.8) is 0 Å². The number of alkyl halides is 3. The van der Waals surface area contributed by atoms with E-state index in [1.165, 1.54) is 7.05 Å². The minimum Gasteiger partial charge on any atom is -0.472 e. The summed E-state index contributed by atoms with van der Waals surface area (Å²) in [5.74, 6) is 0.815. The topological polar surface area (TPSA) is 70.0 Å². The Morgan fingerprint density at radius 3 is 2.88 bits per heavy atom. The summed E-state index contributed by atoms with van der Waals surface area (Å²) in [5.41, 5.74) is 0. The van der Waals surface area contributed by atoms with Crippen LogP contribution in [-0.2, 0) is 0 Å². The molecule has 1 aromatic rings. The molecule has 1 fully saturated rings. The molecule has 0 bridgehead atoms. The molecule has 2 rings (SSSR count). The van der Waals surface area contributed by atoms with Crippen LogP contribution in [0.3, 0.4) is 0 Å². The van der Waals surface area contributed by atoms with Gasteiger partial charge in [0.2, 0.25) is 5.88 Å². The number of nitrogens with zero attached hydrogens (tertiary/aromatic N) is 3. The first-order valence-electron chi connectivity index (χ1n) is 7.18. The van der Waals surface area contributed by atoms with E-state index >= 15 is 0 Å². The van der Waals surface area contributed by atoms with E-state index in [4.69, 9.17) is 9.84 Å². The standard InChI is InChI=1S/C14H19F3N4O2.HI/c1-18-13(20-8-11(22)14(15,16)17)21-7-5-10(9-21)23-12-4-2-3-6-19-12;/h2-4,6,10-11,22H,5,7-9H2,1H3,(H,18,20);1H. The third-order valence-corrected chi connectivity index (χ3v) is 3.41. The van der Waals surface area contributed by atoms with Crippen LogP contribution in [0.25, 0.3) is 0 Å². The summed E-state index contributed by atoms with van der Waals surface area (Å²) in [6.45, 7) is 0.441. The van der Waals surface area contributed by atoms with Crippen LogP contribution in [0, 0.1) is 0 Å². The van der Waals surface area contributed by atoms with Gasteiger partial charge in [-0.15, -0.1) is 24.0 Å². The lowest BCUT2D eigenvalue weighted by Crippen LogP contribution is -2.46. The summed E-state index contributed by atoms with van der Waals surface area (Å²) in [5, 5.41) is 11.6. The highest BCUT2D eigenvalue weighted by atomic mass is 127. The Kier molecular flexibility index (Phi) is 8.00. The number of hydrogen-bond acceptors (Lipinski definition) is 4. The first-order chi connectivity index (χ1) is 10.9. The predicted octanol–water partition coefficient (Wildman–Crippen LogP) is 1.65. The lowest BCUT2D eigenvalue weighted by molar-refractivity contribution is -0.201. The van der Waals surface area contributed by atoms with Gasteiger partial charge in [0.1, 0.15) is 6.10 Å². The quantitative estimate of drug-likeness (QED) is 0.407. The van der Waals surface area contributed by atoms with Crippen molar-refractivity contribution < 1.29 is 23.0 Å². The molecule has 0 aromatic carbocycles. The molecule has 2 unspecified atom stereocenters. The number of nitrogens with one attached hydrogen (secondary N) is 1. The van der Waals surface area contributed by atoms with Gasteiger partial charge < -0.3 is 20.1 Å². The van der Waals surface area contributed by atoms with Crippen LogP contribution in [-0.4, -0.2) is 66.0 Å². The predicted molar refractivity (Wildman–Crippen MR) is 93.7 cm³/mol.